The van der Waals surface area contributed by atoms with Gasteiger partial charge in [0, 0.05) is 12.1 Å². The molecule has 0 bridgehead atoms. The van der Waals surface area contributed by atoms with Gasteiger partial charge in [-0.05, 0) is 62.9 Å². The first-order valence-electron chi connectivity index (χ1n) is 8.59. The molecule has 0 aromatic rings. The molecule has 2 rings (SSSR count). The van der Waals surface area contributed by atoms with Crippen LogP contribution in [-0.4, -0.2) is 30.1 Å². The average molecular weight is 266 g/mol. The normalized spacial score (nSPS) is 37.7. The quantitative estimate of drug-likeness (QED) is 0.841. The summed E-state index contributed by atoms with van der Waals surface area (Å²) in [6.07, 6.45) is 9.62. The highest BCUT2D eigenvalue weighted by atomic mass is 15.2. The number of hydrogen-bond donors (Lipinski definition) is 1. The van der Waals surface area contributed by atoms with Crippen molar-refractivity contribution in [3.63, 3.8) is 0 Å². The van der Waals surface area contributed by atoms with Crippen molar-refractivity contribution in [2.75, 3.05) is 19.6 Å². The van der Waals surface area contributed by atoms with Crippen LogP contribution in [0.2, 0.25) is 0 Å². The van der Waals surface area contributed by atoms with Crippen molar-refractivity contribution in [1.82, 2.24) is 4.90 Å². The second kappa shape index (κ2) is 6.58. The van der Waals surface area contributed by atoms with Gasteiger partial charge in [0.1, 0.15) is 0 Å². The molecule has 1 saturated heterocycles. The lowest BCUT2D eigenvalue weighted by molar-refractivity contribution is 0.0571. The maximum Gasteiger partial charge on any atom is 0.0359 e. The third kappa shape index (κ3) is 3.00. The van der Waals surface area contributed by atoms with Crippen molar-refractivity contribution in [2.45, 2.75) is 71.3 Å². The van der Waals surface area contributed by atoms with E-state index in [2.05, 4.69) is 25.7 Å². The monoisotopic (exact) mass is 266 g/mol. The fourth-order valence-corrected chi connectivity index (χ4v) is 4.76. The molecule has 0 amide bonds. The predicted molar refractivity (Wildman–Crippen MR) is 83.2 cm³/mol. The Morgan fingerprint density at radius 1 is 1.16 bits per heavy atom. The highest BCUT2D eigenvalue weighted by Crippen LogP contribution is 2.43. The van der Waals surface area contributed by atoms with Gasteiger partial charge in [-0.15, -0.1) is 0 Å². The van der Waals surface area contributed by atoms with Crippen LogP contribution in [0.4, 0.5) is 0 Å². The molecule has 0 spiro atoms. The van der Waals surface area contributed by atoms with Crippen LogP contribution in [0.5, 0.6) is 0 Å². The van der Waals surface area contributed by atoms with Crippen LogP contribution in [0.25, 0.3) is 0 Å². The summed E-state index contributed by atoms with van der Waals surface area (Å²) in [6, 6.07) is 0. The van der Waals surface area contributed by atoms with Crippen molar-refractivity contribution in [1.29, 1.82) is 0 Å². The van der Waals surface area contributed by atoms with Crippen molar-refractivity contribution < 1.29 is 0 Å². The molecule has 0 radical (unpaired) electrons. The third-order valence-corrected chi connectivity index (χ3v) is 6.11. The van der Waals surface area contributed by atoms with Crippen LogP contribution in [0.15, 0.2) is 0 Å². The van der Waals surface area contributed by atoms with Gasteiger partial charge in [0.05, 0.1) is 0 Å². The van der Waals surface area contributed by atoms with Crippen LogP contribution in [-0.2, 0) is 0 Å². The van der Waals surface area contributed by atoms with Gasteiger partial charge in [-0.2, -0.15) is 0 Å². The van der Waals surface area contributed by atoms with Gasteiger partial charge >= 0.3 is 0 Å². The molecule has 2 N–H and O–H groups in total. The second-order valence-corrected chi connectivity index (χ2v) is 7.23. The van der Waals surface area contributed by atoms with E-state index < -0.39 is 0 Å². The molecule has 2 aliphatic rings. The molecule has 3 unspecified atom stereocenters. The van der Waals surface area contributed by atoms with Gasteiger partial charge in [0.2, 0.25) is 0 Å². The fraction of sp³-hybridized carbons (Fsp3) is 1.00. The first kappa shape index (κ1) is 15.3. The lowest BCUT2D eigenvalue weighted by atomic mass is 9.83. The minimum atomic E-state index is 0.348. The smallest absolute Gasteiger partial charge is 0.0359 e. The third-order valence-electron chi connectivity index (χ3n) is 6.11. The summed E-state index contributed by atoms with van der Waals surface area (Å²) in [5.74, 6) is 2.62. The molecule has 112 valence electrons. The summed E-state index contributed by atoms with van der Waals surface area (Å²) in [5.41, 5.74) is 6.62. The number of likely N-dealkylation sites (tertiary alicyclic amines) is 1. The van der Waals surface area contributed by atoms with Crippen molar-refractivity contribution in [3.8, 4) is 0 Å². The summed E-state index contributed by atoms with van der Waals surface area (Å²) in [5, 5.41) is 0. The first-order valence-corrected chi connectivity index (χ1v) is 8.59. The van der Waals surface area contributed by atoms with Gasteiger partial charge < -0.3 is 5.73 Å². The summed E-state index contributed by atoms with van der Waals surface area (Å²) < 4.78 is 0. The van der Waals surface area contributed by atoms with E-state index >= 15 is 0 Å². The van der Waals surface area contributed by atoms with E-state index in [0.29, 0.717) is 5.54 Å². The van der Waals surface area contributed by atoms with Crippen molar-refractivity contribution in [3.05, 3.63) is 0 Å². The van der Waals surface area contributed by atoms with Crippen molar-refractivity contribution in [2.24, 2.45) is 23.5 Å². The highest BCUT2D eigenvalue weighted by molar-refractivity contribution is 5.02. The lowest BCUT2D eigenvalue weighted by Crippen LogP contribution is -2.56. The Kier molecular flexibility index (Phi) is 5.30. The highest BCUT2D eigenvalue weighted by Gasteiger charge is 2.45. The van der Waals surface area contributed by atoms with Gasteiger partial charge in [0.15, 0.2) is 0 Å². The van der Waals surface area contributed by atoms with Crippen LogP contribution in [0.3, 0.4) is 0 Å². The molecule has 0 aromatic carbocycles. The molecule has 2 fully saturated rings. The molecule has 1 aliphatic heterocycles. The van der Waals surface area contributed by atoms with E-state index in [1.807, 2.05) is 0 Å². The molecule has 3 atom stereocenters. The van der Waals surface area contributed by atoms with E-state index in [1.54, 1.807) is 0 Å². The van der Waals surface area contributed by atoms with Gasteiger partial charge in [-0.3, -0.25) is 4.90 Å². The number of nitrogens with two attached hydrogens (primary N) is 1. The van der Waals surface area contributed by atoms with Crippen LogP contribution < -0.4 is 5.73 Å². The Hall–Kier alpha value is -0.0800. The Bertz CT molecular complexity index is 276. The van der Waals surface area contributed by atoms with Gasteiger partial charge in [-0.25, -0.2) is 0 Å². The second-order valence-electron chi connectivity index (χ2n) is 7.23. The molecular formula is C17H34N2. The zero-order chi connectivity index (χ0) is 13.9. The van der Waals surface area contributed by atoms with E-state index in [9.17, 15) is 0 Å². The minimum Gasteiger partial charge on any atom is -0.329 e. The maximum absolute atomic E-state index is 6.27. The predicted octanol–water partition coefficient (Wildman–Crippen LogP) is 3.65. The zero-order valence-electron chi connectivity index (χ0n) is 13.3. The Morgan fingerprint density at radius 3 is 2.58 bits per heavy atom. The maximum atomic E-state index is 6.27. The average Bonchev–Trinajstić information content (AvgIpc) is 2.67. The van der Waals surface area contributed by atoms with Crippen LogP contribution in [0.1, 0.15) is 65.7 Å². The zero-order valence-corrected chi connectivity index (χ0v) is 13.3. The molecule has 19 heavy (non-hydrogen) atoms. The van der Waals surface area contributed by atoms with E-state index in [1.165, 1.54) is 58.0 Å². The number of hydrogen-bond acceptors (Lipinski definition) is 2. The van der Waals surface area contributed by atoms with Gasteiger partial charge in [-0.1, -0.05) is 33.6 Å². The molecular weight excluding hydrogens is 232 g/mol. The van der Waals surface area contributed by atoms with Crippen molar-refractivity contribution >= 4 is 0 Å². The lowest BCUT2D eigenvalue weighted by Gasteiger charge is -2.44. The molecule has 2 nitrogen and oxygen atoms in total. The van der Waals surface area contributed by atoms with Gasteiger partial charge in [0.25, 0.3) is 0 Å². The summed E-state index contributed by atoms with van der Waals surface area (Å²) >= 11 is 0. The molecule has 0 aromatic heterocycles. The van der Waals surface area contributed by atoms with Crippen LogP contribution in [0, 0.1) is 17.8 Å². The van der Waals surface area contributed by atoms with E-state index in [4.69, 9.17) is 5.73 Å². The van der Waals surface area contributed by atoms with Crippen LogP contribution >= 0.6 is 0 Å². The van der Waals surface area contributed by atoms with E-state index in [-0.39, 0.29) is 0 Å². The molecule has 1 saturated carbocycles. The SMILES string of the molecule is CCC1CCCC1(CN)N1CCCC(C(C)C)CC1. The molecule has 1 heterocycles. The van der Waals surface area contributed by atoms with E-state index in [0.717, 1.165) is 24.3 Å². The Labute approximate surface area is 120 Å². The summed E-state index contributed by atoms with van der Waals surface area (Å²) in [4.78, 5) is 2.80. The summed E-state index contributed by atoms with van der Waals surface area (Å²) in [6.45, 7) is 10.6. The first-order chi connectivity index (χ1) is 9.14. The topological polar surface area (TPSA) is 29.3 Å². The largest absolute Gasteiger partial charge is 0.329 e. The standard InChI is InChI=1S/C17H34N2/c1-4-16-8-5-10-17(16,13-18)19-11-6-7-15(9-12-19)14(2)3/h14-16H,4-13,18H2,1-3H3. The Balaban J connectivity index is 2.07. The fourth-order valence-electron chi connectivity index (χ4n) is 4.76. The summed E-state index contributed by atoms with van der Waals surface area (Å²) in [7, 11) is 0. The Morgan fingerprint density at radius 2 is 1.95 bits per heavy atom. The number of rotatable bonds is 4. The molecule has 1 aliphatic carbocycles. The molecule has 2 heteroatoms. The number of nitrogens with zero attached hydrogens (tertiary/aromatic N) is 1. The minimum absolute atomic E-state index is 0.348.